The number of carbonyl (C=O) groups is 2. The van der Waals surface area contributed by atoms with Crippen molar-refractivity contribution >= 4 is 17.5 Å². The van der Waals surface area contributed by atoms with Crippen LogP contribution in [0.3, 0.4) is 0 Å². The molecule has 0 unspecified atom stereocenters. The van der Waals surface area contributed by atoms with Crippen molar-refractivity contribution in [2.24, 2.45) is 0 Å². The van der Waals surface area contributed by atoms with Crippen molar-refractivity contribution < 1.29 is 9.59 Å². The van der Waals surface area contributed by atoms with E-state index in [1.165, 1.54) is 12.4 Å². The molecule has 0 aliphatic carbocycles. The van der Waals surface area contributed by atoms with Gasteiger partial charge in [0.15, 0.2) is 0 Å². The van der Waals surface area contributed by atoms with E-state index in [0.29, 0.717) is 11.1 Å². The molecule has 0 aliphatic heterocycles. The molecular weight excluding hydrogens is 302 g/mol. The van der Waals surface area contributed by atoms with Gasteiger partial charge < -0.3 is 10.6 Å². The summed E-state index contributed by atoms with van der Waals surface area (Å²) in [6, 6.07) is 5.62. The highest BCUT2D eigenvalue weighted by Crippen LogP contribution is 2.22. The van der Waals surface area contributed by atoms with Crippen molar-refractivity contribution in [3.05, 3.63) is 58.4 Å². The third-order valence-electron chi connectivity index (χ3n) is 3.60. The number of pyridine rings is 1. The standard InChI is InChI=1S/C19H23N3O2/c1-11(2)21-18(23)15-8-16(10-20-9-15)19(24)22-17-13(4)6-12(3)7-14(17)5/h6-11H,1-5H3,(H,21,23)(H,22,24). The van der Waals surface area contributed by atoms with Crippen molar-refractivity contribution in [1.29, 1.82) is 0 Å². The third-order valence-corrected chi connectivity index (χ3v) is 3.60. The molecule has 1 heterocycles. The maximum Gasteiger partial charge on any atom is 0.257 e. The zero-order valence-electron chi connectivity index (χ0n) is 14.7. The SMILES string of the molecule is Cc1cc(C)c(NC(=O)c2cncc(C(=O)NC(C)C)c2)c(C)c1. The number of benzene rings is 1. The first-order valence-corrected chi connectivity index (χ1v) is 7.93. The highest BCUT2D eigenvalue weighted by molar-refractivity contribution is 6.06. The van der Waals surface area contributed by atoms with Crippen LogP contribution in [0.15, 0.2) is 30.6 Å². The molecule has 0 saturated heterocycles. The van der Waals surface area contributed by atoms with Gasteiger partial charge in [-0.25, -0.2) is 0 Å². The van der Waals surface area contributed by atoms with Gasteiger partial charge in [-0.05, 0) is 51.8 Å². The number of hydrogen-bond acceptors (Lipinski definition) is 3. The molecule has 2 aromatic rings. The van der Waals surface area contributed by atoms with Crippen LogP contribution in [0.2, 0.25) is 0 Å². The number of carbonyl (C=O) groups excluding carboxylic acids is 2. The molecule has 24 heavy (non-hydrogen) atoms. The van der Waals surface area contributed by atoms with Gasteiger partial charge in [0.05, 0.1) is 11.1 Å². The van der Waals surface area contributed by atoms with Gasteiger partial charge in [-0.1, -0.05) is 17.7 Å². The summed E-state index contributed by atoms with van der Waals surface area (Å²) < 4.78 is 0. The minimum Gasteiger partial charge on any atom is -0.350 e. The maximum atomic E-state index is 12.5. The lowest BCUT2D eigenvalue weighted by Gasteiger charge is -2.13. The fourth-order valence-corrected chi connectivity index (χ4v) is 2.60. The molecule has 0 atom stereocenters. The second-order valence-electron chi connectivity index (χ2n) is 6.32. The lowest BCUT2D eigenvalue weighted by Crippen LogP contribution is -2.30. The maximum absolute atomic E-state index is 12.5. The monoisotopic (exact) mass is 325 g/mol. The predicted molar refractivity (Wildman–Crippen MR) is 95.4 cm³/mol. The number of anilines is 1. The van der Waals surface area contributed by atoms with Gasteiger partial charge >= 0.3 is 0 Å². The van der Waals surface area contributed by atoms with Gasteiger partial charge in [-0.3, -0.25) is 14.6 Å². The smallest absolute Gasteiger partial charge is 0.257 e. The van der Waals surface area contributed by atoms with Crippen LogP contribution >= 0.6 is 0 Å². The van der Waals surface area contributed by atoms with Gasteiger partial charge in [0.25, 0.3) is 11.8 Å². The Morgan fingerprint density at radius 2 is 1.46 bits per heavy atom. The average molecular weight is 325 g/mol. The summed E-state index contributed by atoms with van der Waals surface area (Å²) in [4.78, 5) is 28.6. The Kier molecular flexibility index (Phi) is 5.34. The molecule has 0 bridgehead atoms. The third kappa shape index (κ3) is 4.19. The molecule has 5 nitrogen and oxygen atoms in total. The Bertz CT molecular complexity index is 759. The first kappa shape index (κ1) is 17.7. The number of aryl methyl sites for hydroxylation is 3. The highest BCUT2D eigenvalue weighted by Gasteiger charge is 2.14. The van der Waals surface area contributed by atoms with E-state index >= 15 is 0 Å². The first-order valence-electron chi connectivity index (χ1n) is 7.93. The van der Waals surface area contributed by atoms with Gasteiger partial charge in [0, 0.05) is 24.1 Å². The van der Waals surface area contributed by atoms with Crippen LogP contribution < -0.4 is 10.6 Å². The number of rotatable bonds is 4. The van der Waals surface area contributed by atoms with Gasteiger partial charge in [0.1, 0.15) is 0 Å². The summed E-state index contributed by atoms with van der Waals surface area (Å²) in [5.41, 5.74) is 4.67. The zero-order chi connectivity index (χ0) is 17.9. The number of nitrogens with one attached hydrogen (secondary N) is 2. The lowest BCUT2D eigenvalue weighted by molar-refractivity contribution is 0.0942. The molecular formula is C19H23N3O2. The summed E-state index contributed by atoms with van der Waals surface area (Å²) in [6.07, 6.45) is 2.91. The number of nitrogens with zero attached hydrogens (tertiary/aromatic N) is 1. The summed E-state index contributed by atoms with van der Waals surface area (Å²) in [5.74, 6) is -0.522. The topological polar surface area (TPSA) is 71.1 Å². The van der Waals surface area contributed by atoms with E-state index in [1.54, 1.807) is 6.07 Å². The first-order chi connectivity index (χ1) is 11.3. The van der Waals surface area contributed by atoms with Gasteiger partial charge in [-0.2, -0.15) is 0 Å². The molecule has 2 rings (SSSR count). The lowest BCUT2D eigenvalue weighted by atomic mass is 10.0. The summed E-state index contributed by atoms with van der Waals surface area (Å²) in [5, 5.41) is 5.71. The molecule has 0 radical (unpaired) electrons. The van der Waals surface area contributed by atoms with Crippen LogP contribution in [0.4, 0.5) is 5.69 Å². The Labute approximate surface area is 142 Å². The molecule has 2 N–H and O–H groups in total. The number of amides is 2. The van der Waals surface area contributed by atoms with Crippen molar-refractivity contribution in [2.45, 2.75) is 40.7 Å². The average Bonchev–Trinajstić information content (AvgIpc) is 2.50. The molecule has 126 valence electrons. The minimum atomic E-state index is -0.281. The fourth-order valence-electron chi connectivity index (χ4n) is 2.60. The molecule has 0 saturated carbocycles. The second-order valence-corrected chi connectivity index (χ2v) is 6.32. The van der Waals surface area contributed by atoms with E-state index in [9.17, 15) is 9.59 Å². The molecule has 5 heteroatoms. The fraction of sp³-hybridized carbons (Fsp3) is 0.316. The highest BCUT2D eigenvalue weighted by atomic mass is 16.2. The van der Waals surface area contributed by atoms with E-state index in [0.717, 1.165) is 22.4 Å². The van der Waals surface area contributed by atoms with Gasteiger partial charge in [0.2, 0.25) is 0 Å². The van der Waals surface area contributed by atoms with E-state index in [1.807, 2.05) is 46.8 Å². The Balaban J connectivity index is 2.24. The van der Waals surface area contributed by atoms with Crippen LogP contribution in [-0.2, 0) is 0 Å². The van der Waals surface area contributed by atoms with E-state index in [-0.39, 0.29) is 17.9 Å². The normalized spacial score (nSPS) is 10.6. The second kappa shape index (κ2) is 7.25. The van der Waals surface area contributed by atoms with Crippen LogP contribution in [0.5, 0.6) is 0 Å². The number of hydrogen-bond donors (Lipinski definition) is 2. The summed E-state index contributed by atoms with van der Waals surface area (Å²) >= 11 is 0. The number of aromatic nitrogens is 1. The molecule has 1 aromatic carbocycles. The zero-order valence-corrected chi connectivity index (χ0v) is 14.7. The largest absolute Gasteiger partial charge is 0.350 e. The quantitative estimate of drug-likeness (QED) is 0.905. The van der Waals surface area contributed by atoms with E-state index in [4.69, 9.17) is 0 Å². The van der Waals surface area contributed by atoms with Crippen LogP contribution in [0.1, 0.15) is 51.3 Å². The van der Waals surface area contributed by atoms with Crippen LogP contribution in [0, 0.1) is 20.8 Å². The Morgan fingerprint density at radius 1 is 0.917 bits per heavy atom. The predicted octanol–water partition coefficient (Wildman–Crippen LogP) is 3.40. The molecule has 1 aromatic heterocycles. The van der Waals surface area contributed by atoms with E-state index < -0.39 is 0 Å². The summed E-state index contributed by atoms with van der Waals surface area (Å²) in [6.45, 7) is 9.70. The summed E-state index contributed by atoms with van der Waals surface area (Å²) in [7, 11) is 0. The molecule has 2 amide bonds. The molecule has 0 aliphatic rings. The van der Waals surface area contributed by atoms with Crippen molar-refractivity contribution in [3.63, 3.8) is 0 Å². The van der Waals surface area contributed by atoms with Crippen LogP contribution in [0.25, 0.3) is 0 Å². The van der Waals surface area contributed by atoms with E-state index in [2.05, 4.69) is 15.6 Å². The van der Waals surface area contributed by atoms with Crippen molar-refractivity contribution in [1.82, 2.24) is 10.3 Å². The van der Waals surface area contributed by atoms with Crippen molar-refractivity contribution in [3.8, 4) is 0 Å². The Morgan fingerprint density at radius 3 is 2.00 bits per heavy atom. The minimum absolute atomic E-state index is 0.0211. The van der Waals surface area contributed by atoms with Crippen LogP contribution in [-0.4, -0.2) is 22.8 Å². The van der Waals surface area contributed by atoms with Crippen molar-refractivity contribution in [2.75, 3.05) is 5.32 Å². The van der Waals surface area contributed by atoms with Gasteiger partial charge in [-0.15, -0.1) is 0 Å². The molecule has 0 fully saturated rings. The Hall–Kier alpha value is -2.69. The molecule has 0 spiro atoms.